The van der Waals surface area contributed by atoms with Crippen molar-refractivity contribution in [1.82, 2.24) is 15.1 Å². The minimum absolute atomic E-state index is 0.118. The van der Waals surface area contributed by atoms with Gasteiger partial charge in [-0.1, -0.05) is 19.3 Å². The van der Waals surface area contributed by atoms with Crippen LogP contribution in [-0.2, 0) is 0 Å². The molecule has 0 spiro atoms. The van der Waals surface area contributed by atoms with Crippen LogP contribution in [-0.4, -0.2) is 74.1 Å². The van der Waals surface area contributed by atoms with Gasteiger partial charge in [0.2, 0.25) is 0 Å². The molecule has 1 aliphatic carbocycles. The zero-order valence-electron chi connectivity index (χ0n) is 18.1. The van der Waals surface area contributed by atoms with Gasteiger partial charge in [-0.3, -0.25) is 4.79 Å². The van der Waals surface area contributed by atoms with Crippen LogP contribution in [0.1, 0.15) is 60.7 Å². The van der Waals surface area contributed by atoms with Crippen molar-refractivity contribution in [1.29, 1.82) is 5.41 Å². The summed E-state index contributed by atoms with van der Waals surface area (Å²) in [4.78, 5) is 26.4. The van der Waals surface area contributed by atoms with Crippen molar-refractivity contribution >= 4 is 34.4 Å². The van der Waals surface area contributed by atoms with Gasteiger partial charge >= 0.3 is 6.03 Å². The lowest BCUT2D eigenvalue weighted by Crippen LogP contribution is -2.39. The molecule has 1 aromatic heterocycles. The minimum atomic E-state index is 0.118. The highest BCUT2D eigenvalue weighted by Gasteiger charge is 2.25. The van der Waals surface area contributed by atoms with Crippen LogP contribution in [0.5, 0.6) is 0 Å². The number of likely N-dealkylation sites (N-methyl/N-ethyl adjacent to an activating group) is 1. The molecule has 162 valence electrons. The number of rotatable bonds is 5. The van der Waals surface area contributed by atoms with Gasteiger partial charge in [0.1, 0.15) is 0 Å². The van der Waals surface area contributed by atoms with Crippen molar-refractivity contribution < 1.29 is 9.59 Å². The third-order valence-corrected chi connectivity index (χ3v) is 6.45. The number of hydrogen-bond donors (Lipinski definition) is 3. The highest BCUT2D eigenvalue weighted by Crippen LogP contribution is 2.30. The first-order chi connectivity index (χ1) is 13.8. The van der Waals surface area contributed by atoms with E-state index in [4.69, 9.17) is 5.41 Å². The Bertz CT molecular complexity index is 697. The molecule has 0 radical (unpaired) electrons. The fourth-order valence-electron chi connectivity index (χ4n) is 3.74. The predicted molar refractivity (Wildman–Crippen MR) is 121 cm³/mol. The van der Waals surface area contributed by atoms with Crippen LogP contribution in [0.3, 0.4) is 0 Å². The Morgan fingerprint density at radius 2 is 1.93 bits per heavy atom. The Balaban J connectivity index is 0.000000221. The molecule has 29 heavy (non-hydrogen) atoms. The number of nitrogens with one attached hydrogen (secondary N) is 3. The standard InChI is InChI=1S/C13H18N2OS.C8H17N3O/c1-9(14)12-7-11(8-16)17-13(12)15-10-5-3-2-4-6-10;1-9-7-4-5-11(6-7)8(12)10(2)3/h7-8,10,14-15H,2-6H2,1H3;7,9H,4-6H2,1-3H3/t;7-/m.0/s1. The van der Waals surface area contributed by atoms with Gasteiger partial charge in [0, 0.05) is 50.5 Å². The van der Waals surface area contributed by atoms with E-state index in [-0.39, 0.29) is 6.03 Å². The molecule has 3 N–H and O–H groups in total. The average Bonchev–Trinajstić information content (AvgIpc) is 3.35. The minimum Gasteiger partial charge on any atom is -0.374 e. The highest BCUT2D eigenvalue weighted by molar-refractivity contribution is 7.18. The quantitative estimate of drug-likeness (QED) is 0.500. The molecule has 1 atom stereocenters. The lowest BCUT2D eigenvalue weighted by atomic mass is 9.95. The van der Waals surface area contributed by atoms with Crippen molar-refractivity contribution in [3.63, 3.8) is 0 Å². The smallest absolute Gasteiger partial charge is 0.319 e. The van der Waals surface area contributed by atoms with Gasteiger partial charge in [-0.05, 0) is 39.3 Å². The molecule has 1 aromatic rings. The number of hydrogen-bond acceptors (Lipinski definition) is 6. The third-order valence-electron chi connectivity index (χ3n) is 5.46. The molecule has 2 amide bonds. The summed E-state index contributed by atoms with van der Waals surface area (Å²) < 4.78 is 0. The zero-order valence-corrected chi connectivity index (χ0v) is 18.9. The molecule has 0 unspecified atom stereocenters. The van der Waals surface area contributed by atoms with Crippen molar-refractivity contribution in [2.45, 2.75) is 57.5 Å². The first-order valence-corrected chi connectivity index (χ1v) is 11.2. The van der Waals surface area contributed by atoms with Crippen LogP contribution in [0.15, 0.2) is 6.07 Å². The highest BCUT2D eigenvalue weighted by atomic mass is 32.1. The predicted octanol–water partition coefficient (Wildman–Crippen LogP) is 3.65. The molecular formula is C21H35N5O2S. The molecular weight excluding hydrogens is 386 g/mol. The maximum Gasteiger partial charge on any atom is 0.319 e. The van der Waals surface area contributed by atoms with Crippen LogP contribution < -0.4 is 10.6 Å². The van der Waals surface area contributed by atoms with E-state index >= 15 is 0 Å². The summed E-state index contributed by atoms with van der Waals surface area (Å²) in [7, 11) is 5.51. The van der Waals surface area contributed by atoms with Crippen LogP contribution >= 0.6 is 11.3 Å². The molecule has 2 aliphatic rings. The van der Waals surface area contributed by atoms with Crippen LogP contribution in [0, 0.1) is 5.41 Å². The van der Waals surface area contributed by atoms with Crippen molar-refractivity contribution in [3.05, 3.63) is 16.5 Å². The Hall–Kier alpha value is -1.93. The fraction of sp³-hybridized carbons (Fsp3) is 0.667. The Morgan fingerprint density at radius 1 is 1.24 bits per heavy atom. The van der Waals surface area contributed by atoms with E-state index in [9.17, 15) is 9.59 Å². The first-order valence-electron chi connectivity index (χ1n) is 10.4. The van der Waals surface area contributed by atoms with Gasteiger partial charge in [-0.25, -0.2) is 4.79 Å². The first kappa shape index (κ1) is 23.3. The third kappa shape index (κ3) is 6.82. The summed E-state index contributed by atoms with van der Waals surface area (Å²) >= 11 is 1.46. The Morgan fingerprint density at radius 3 is 2.45 bits per heavy atom. The number of anilines is 1. The van der Waals surface area contributed by atoms with Gasteiger partial charge in [0.15, 0.2) is 6.29 Å². The van der Waals surface area contributed by atoms with Gasteiger partial charge in [0.05, 0.1) is 9.88 Å². The van der Waals surface area contributed by atoms with E-state index in [1.807, 2.05) is 18.0 Å². The van der Waals surface area contributed by atoms with Crippen LogP contribution in [0.25, 0.3) is 0 Å². The molecule has 3 rings (SSSR count). The second-order valence-corrected chi connectivity index (χ2v) is 9.09. The van der Waals surface area contributed by atoms with Gasteiger partial charge < -0.3 is 25.8 Å². The summed E-state index contributed by atoms with van der Waals surface area (Å²) in [5, 5.41) is 15.4. The number of urea groups is 1. The summed E-state index contributed by atoms with van der Waals surface area (Å²) in [6, 6.07) is 2.92. The van der Waals surface area contributed by atoms with Gasteiger partial charge in [0.25, 0.3) is 0 Å². The molecule has 1 saturated heterocycles. The zero-order chi connectivity index (χ0) is 21.4. The molecule has 0 bridgehead atoms. The molecule has 8 heteroatoms. The lowest BCUT2D eigenvalue weighted by molar-refractivity contribution is 0.112. The van der Waals surface area contributed by atoms with Crippen LogP contribution in [0.4, 0.5) is 9.80 Å². The monoisotopic (exact) mass is 421 g/mol. The van der Waals surface area contributed by atoms with Crippen molar-refractivity contribution in [3.8, 4) is 0 Å². The normalized spacial score (nSPS) is 19.3. The van der Waals surface area contributed by atoms with E-state index in [2.05, 4.69) is 10.6 Å². The fourth-order valence-corrected chi connectivity index (χ4v) is 4.75. The summed E-state index contributed by atoms with van der Waals surface area (Å²) in [5.41, 5.74) is 1.40. The number of likely N-dealkylation sites (tertiary alicyclic amines) is 1. The number of amides is 2. The number of aldehydes is 1. The maximum absolute atomic E-state index is 11.4. The average molecular weight is 422 g/mol. The summed E-state index contributed by atoms with van der Waals surface area (Å²) in [5.74, 6) is 0. The molecule has 7 nitrogen and oxygen atoms in total. The Kier molecular flexibility index (Phi) is 9.10. The van der Waals surface area contributed by atoms with Crippen LogP contribution in [0.2, 0.25) is 0 Å². The van der Waals surface area contributed by atoms with E-state index in [0.29, 0.717) is 22.7 Å². The van der Waals surface area contributed by atoms with Gasteiger partial charge in [-0.15, -0.1) is 11.3 Å². The molecule has 0 aromatic carbocycles. The molecule has 2 heterocycles. The summed E-state index contributed by atoms with van der Waals surface area (Å²) in [6.45, 7) is 3.48. The largest absolute Gasteiger partial charge is 0.374 e. The number of carbonyl (C=O) groups is 2. The lowest BCUT2D eigenvalue weighted by Gasteiger charge is -2.23. The van der Waals surface area contributed by atoms with E-state index < -0.39 is 0 Å². The van der Waals surface area contributed by atoms with E-state index in [1.165, 1.54) is 43.4 Å². The second-order valence-electron chi connectivity index (χ2n) is 8.01. The number of nitrogens with zero attached hydrogens (tertiary/aromatic N) is 2. The Labute approximate surface area is 178 Å². The molecule has 2 fully saturated rings. The summed E-state index contributed by atoms with van der Waals surface area (Å²) in [6.07, 6.45) is 8.22. The maximum atomic E-state index is 11.4. The topological polar surface area (TPSA) is 88.5 Å². The van der Waals surface area contributed by atoms with E-state index in [1.54, 1.807) is 25.9 Å². The van der Waals surface area contributed by atoms with Crippen molar-refractivity contribution in [2.24, 2.45) is 0 Å². The number of thiophene rings is 1. The molecule has 1 aliphatic heterocycles. The SMILES string of the molecule is CC(=N)c1cc(C=O)sc1NC1CCCCC1.CN[C@H]1CCN(C(=O)N(C)C)C1. The molecule has 1 saturated carbocycles. The van der Waals surface area contributed by atoms with E-state index in [0.717, 1.165) is 36.4 Å². The van der Waals surface area contributed by atoms with Crippen molar-refractivity contribution in [2.75, 3.05) is 39.5 Å². The number of carbonyl (C=O) groups excluding carboxylic acids is 2. The van der Waals surface area contributed by atoms with Gasteiger partial charge in [-0.2, -0.15) is 0 Å². The second kappa shape index (κ2) is 11.3.